The molecule has 4 heteroatoms. The summed E-state index contributed by atoms with van der Waals surface area (Å²) in [6.45, 7) is 4.83. The first kappa shape index (κ1) is 30.5. The number of aromatic amines is 2. The maximum absolute atomic E-state index is 4.85. The highest BCUT2D eigenvalue weighted by molar-refractivity contribution is 6.15. The van der Waals surface area contributed by atoms with Crippen LogP contribution in [0.2, 0.25) is 0 Å². The average Bonchev–Trinajstić information content (AvgIpc) is 3.93. The number of H-pyrrole nitrogens is 2. The van der Waals surface area contributed by atoms with E-state index >= 15 is 0 Å². The summed E-state index contributed by atoms with van der Waals surface area (Å²) >= 11 is 0. The summed E-state index contributed by atoms with van der Waals surface area (Å²) in [7, 11) is 0. The number of hydrogen-bond acceptors (Lipinski definition) is 1. The van der Waals surface area contributed by atoms with Crippen LogP contribution >= 0.6 is 0 Å². The molecule has 2 unspecified atom stereocenters. The number of aromatic nitrogens is 4. The number of pyridine rings is 1. The van der Waals surface area contributed by atoms with Crippen molar-refractivity contribution >= 4 is 65.2 Å². The van der Waals surface area contributed by atoms with E-state index in [1.165, 1.54) is 93.1 Å². The van der Waals surface area contributed by atoms with Gasteiger partial charge in [0, 0.05) is 61.5 Å². The van der Waals surface area contributed by atoms with Gasteiger partial charge in [-0.25, -0.2) is 0 Å². The van der Waals surface area contributed by atoms with Gasteiger partial charge in [-0.05, 0) is 105 Å². The summed E-state index contributed by atoms with van der Waals surface area (Å²) in [6.07, 6.45) is 4.04. The number of fused-ring (bicyclic) bond motifs is 12. The second-order valence-electron chi connectivity index (χ2n) is 15.4. The molecule has 0 aliphatic heterocycles. The first-order valence-corrected chi connectivity index (χ1v) is 19.3. The lowest BCUT2D eigenvalue weighted by Crippen LogP contribution is -2.14. The van der Waals surface area contributed by atoms with Crippen LogP contribution in [0.1, 0.15) is 36.8 Å². The van der Waals surface area contributed by atoms with E-state index in [0.717, 1.165) is 22.5 Å². The Hall–Kier alpha value is -6.91. The van der Waals surface area contributed by atoms with Gasteiger partial charge in [-0.3, -0.25) is 4.98 Å². The summed E-state index contributed by atoms with van der Waals surface area (Å²) in [5.41, 5.74) is 16.0. The topological polar surface area (TPSA) is 49.4 Å². The van der Waals surface area contributed by atoms with Gasteiger partial charge in [0.15, 0.2) is 0 Å². The van der Waals surface area contributed by atoms with Crippen LogP contribution in [0.4, 0.5) is 0 Å². The Morgan fingerprint density at radius 3 is 2.20 bits per heavy atom. The lowest BCUT2D eigenvalue weighted by atomic mass is 9.72. The molecule has 7 aromatic carbocycles. The molecule has 0 bridgehead atoms. The van der Waals surface area contributed by atoms with Crippen LogP contribution in [0.5, 0.6) is 0 Å². The fraction of sp³-hybridized carbons (Fsp3) is 0.0784. The van der Waals surface area contributed by atoms with Gasteiger partial charge in [0.25, 0.3) is 0 Å². The predicted molar refractivity (Wildman–Crippen MR) is 230 cm³/mol. The first-order chi connectivity index (χ1) is 27.1. The van der Waals surface area contributed by atoms with Gasteiger partial charge < -0.3 is 14.5 Å². The van der Waals surface area contributed by atoms with Crippen LogP contribution in [-0.4, -0.2) is 19.5 Å². The first-order valence-electron chi connectivity index (χ1n) is 19.3. The summed E-state index contributed by atoms with van der Waals surface area (Å²) in [6, 6.07) is 53.5. The number of nitrogens with zero attached hydrogens (tertiary/aromatic N) is 2. The molecule has 0 saturated heterocycles. The highest BCUT2D eigenvalue weighted by atomic mass is 15.0. The van der Waals surface area contributed by atoms with Crippen LogP contribution in [0, 0.1) is 0 Å². The van der Waals surface area contributed by atoms with Gasteiger partial charge in [0.05, 0.1) is 27.9 Å². The molecule has 1 aliphatic rings. The smallest absolute Gasteiger partial charge is 0.0780 e. The molecule has 55 heavy (non-hydrogen) atoms. The third-order valence-corrected chi connectivity index (χ3v) is 12.6. The Morgan fingerprint density at radius 1 is 0.545 bits per heavy atom. The van der Waals surface area contributed by atoms with Crippen LogP contribution in [0.25, 0.3) is 104 Å². The molecule has 260 valence electrons. The highest BCUT2D eigenvalue weighted by Gasteiger charge is 2.32. The minimum absolute atomic E-state index is 0.319. The third-order valence-electron chi connectivity index (χ3n) is 12.6. The van der Waals surface area contributed by atoms with Gasteiger partial charge in [-0.15, -0.1) is 0 Å². The molecule has 0 saturated carbocycles. The zero-order valence-corrected chi connectivity index (χ0v) is 30.6. The quantitative estimate of drug-likeness (QED) is 0.189. The van der Waals surface area contributed by atoms with E-state index < -0.39 is 0 Å². The van der Waals surface area contributed by atoms with Gasteiger partial charge in [-0.1, -0.05) is 105 Å². The molecule has 4 aromatic heterocycles. The Kier molecular flexibility index (Phi) is 6.27. The number of benzene rings is 7. The molecule has 0 radical (unpaired) electrons. The van der Waals surface area contributed by atoms with Crippen molar-refractivity contribution in [3.63, 3.8) is 0 Å². The van der Waals surface area contributed by atoms with Gasteiger partial charge in [-0.2, -0.15) is 0 Å². The van der Waals surface area contributed by atoms with Crippen molar-refractivity contribution in [2.75, 3.05) is 0 Å². The normalized spacial score (nSPS) is 15.5. The molecule has 11 aromatic rings. The molecule has 1 aliphatic carbocycles. The molecule has 0 spiro atoms. The number of para-hydroxylation sites is 1. The number of rotatable bonds is 3. The lowest BCUT2D eigenvalue weighted by molar-refractivity contribution is 0.620. The molecule has 2 atom stereocenters. The maximum Gasteiger partial charge on any atom is 0.0780 e. The molecular formula is C51H36N4. The Morgan fingerprint density at radius 2 is 1.31 bits per heavy atom. The number of hydrogen-bond donors (Lipinski definition) is 2. The van der Waals surface area contributed by atoms with Gasteiger partial charge in [0.2, 0.25) is 0 Å². The molecule has 0 fully saturated rings. The van der Waals surface area contributed by atoms with Crippen LogP contribution in [0.15, 0.2) is 158 Å². The Labute approximate surface area is 317 Å². The van der Waals surface area contributed by atoms with E-state index in [4.69, 9.17) is 4.98 Å². The van der Waals surface area contributed by atoms with Crippen molar-refractivity contribution in [1.82, 2.24) is 19.5 Å². The second kappa shape index (κ2) is 11.3. The van der Waals surface area contributed by atoms with Gasteiger partial charge >= 0.3 is 0 Å². The van der Waals surface area contributed by atoms with Crippen molar-refractivity contribution in [2.24, 2.45) is 0 Å². The van der Waals surface area contributed by atoms with Crippen LogP contribution in [-0.2, 0) is 0 Å². The zero-order valence-electron chi connectivity index (χ0n) is 30.6. The standard InChI is InChI=1S/C51H36N4/c1-29-30(2)48-38(18-19-39-42-24-32(16-20-45(42)54-51(39)48)49-36-14-8-6-10-31(36)22-23-52-49)41-27-47-44(26-40(29)41)43-25-33(50-37-15-9-7-11-34(37)28-53-50)17-21-46(43)55(47)35-12-4-3-5-13-35/h3-30,53-54H,1-2H3. The SMILES string of the molecule is CC1c2cc3c4cc(-c5[nH]cc6ccccc56)ccc4n(-c4ccccc4)c3cc2-c2ccc3c([nH]c4ccc(-c5nccc6ccccc56)cc43)c2C1C. The van der Waals surface area contributed by atoms with E-state index in [-0.39, 0.29) is 0 Å². The molecule has 4 nitrogen and oxygen atoms in total. The van der Waals surface area contributed by atoms with Crippen molar-refractivity contribution in [1.29, 1.82) is 0 Å². The predicted octanol–water partition coefficient (Wildman–Crippen LogP) is 13.7. The third kappa shape index (κ3) is 4.31. The summed E-state index contributed by atoms with van der Waals surface area (Å²) in [5.74, 6) is 0.643. The average molecular weight is 705 g/mol. The van der Waals surface area contributed by atoms with Crippen molar-refractivity contribution < 1.29 is 0 Å². The minimum Gasteiger partial charge on any atom is -0.360 e. The van der Waals surface area contributed by atoms with E-state index in [0.29, 0.717) is 11.8 Å². The van der Waals surface area contributed by atoms with E-state index in [1.807, 2.05) is 6.20 Å². The molecule has 2 N–H and O–H groups in total. The van der Waals surface area contributed by atoms with Gasteiger partial charge in [0.1, 0.15) is 0 Å². The van der Waals surface area contributed by atoms with Crippen molar-refractivity contribution in [3.8, 4) is 39.3 Å². The minimum atomic E-state index is 0.319. The Bertz CT molecular complexity index is 3350. The highest BCUT2D eigenvalue weighted by Crippen LogP contribution is 2.52. The van der Waals surface area contributed by atoms with Crippen molar-refractivity contribution in [3.05, 3.63) is 169 Å². The summed E-state index contributed by atoms with van der Waals surface area (Å²) in [4.78, 5) is 12.3. The maximum atomic E-state index is 4.85. The van der Waals surface area contributed by atoms with E-state index in [9.17, 15) is 0 Å². The second-order valence-corrected chi connectivity index (χ2v) is 15.4. The van der Waals surface area contributed by atoms with Crippen molar-refractivity contribution in [2.45, 2.75) is 25.7 Å². The monoisotopic (exact) mass is 704 g/mol. The molecule has 0 amide bonds. The largest absolute Gasteiger partial charge is 0.360 e. The number of nitrogens with one attached hydrogen (secondary N) is 2. The van der Waals surface area contributed by atoms with Crippen LogP contribution < -0.4 is 0 Å². The Balaban J connectivity index is 1.08. The van der Waals surface area contributed by atoms with E-state index in [1.54, 1.807) is 0 Å². The lowest BCUT2D eigenvalue weighted by Gasteiger charge is -2.32. The fourth-order valence-electron chi connectivity index (χ4n) is 9.73. The summed E-state index contributed by atoms with van der Waals surface area (Å²) in [5, 5.41) is 9.92. The zero-order chi connectivity index (χ0) is 36.4. The van der Waals surface area contributed by atoms with Crippen LogP contribution in [0.3, 0.4) is 0 Å². The molecular weight excluding hydrogens is 669 g/mol. The fourth-order valence-corrected chi connectivity index (χ4v) is 9.73. The van der Waals surface area contributed by atoms with E-state index in [2.05, 4.69) is 180 Å². The molecule has 4 heterocycles. The summed E-state index contributed by atoms with van der Waals surface area (Å²) < 4.78 is 2.45. The molecule has 12 rings (SSSR count).